The van der Waals surface area contributed by atoms with Crippen molar-refractivity contribution in [1.29, 1.82) is 0 Å². The second-order valence-electron chi connectivity index (χ2n) is 11.2. The van der Waals surface area contributed by atoms with Crippen molar-refractivity contribution in [2.75, 3.05) is 0 Å². The van der Waals surface area contributed by atoms with Crippen LogP contribution in [0, 0.1) is 46.3 Å². The van der Waals surface area contributed by atoms with Crippen molar-refractivity contribution in [3.8, 4) is 0 Å². The molecule has 23 heavy (non-hydrogen) atoms. The van der Waals surface area contributed by atoms with E-state index in [0.29, 0.717) is 4.08 Å². The van der Waals surface area contributed by atoms with Crippen LogP contribution in [0.3, 0.4) is 0 Å². The largest absolute Gasteiger partial charge is 0.0930 e. The van der Waals surface area contributed by atoms with Gasteiger partial charge < -0.3 is 0 Å². The molecule has 0 nitrogen and oxygen atoms in total. The molecule has 1 saturated heterocycles. The minimum absolute atomic E-state index is 0.700. The van der Waals surface area contributed by atoms with Crippen LogP contribution >= 0.6 is 21.6 Å². The van der Waals surface area contributed by atoms with Crippen molar-refractivity contribution in [2.24, 2.45) is 46.3 Å². The van der Waals surface area contributed by atoms with Crippen LogP contribution in [0.15, 0.2) is 0 Å². The zero-order valence-corrected chi connectivity index (χ0v) is 15.9. The van der Waals surface area contributed by atoms with Crippen LogP contribution in [-0.2, 0) is 0 Å². The molecule has 9 aliphatic rings. The van der Waals surface area contributed by atoms with E-state index in [2.05, 4.69) is 21.6 Å². The topological polar surface area (TPSA) is 0 Å². The maximum atomic E-state index is 2.41. The summed E-state index contributed by atoms with van der Waals surface area (Å²) < 4.78 is 0.700. The molecule has 0 N–H and O–H groups in total. The fourth-order valence-corrected chi connectivity index (χ4v) is 14.1. The molecule has 8 saturated carbocycles. The van der Waals surface area contributed by atoms with Gasteiger partial charge in [-0.05, 0) is 123 Å². The Morgan fingerprint density at radius 2 is 0.696 bits per heavy atom. The summed E-state index contributed by atoms with van der Waals surface area (Å²) in [6.07, 6.45) is 19.5. The highest BCUT2D eigenvalue weighted by molar-refractivity contribution is 8.93. The predicted molar refractivity (Wildman–Crippen MR) is 99.1 cm³/mol. The maximum Gasteiger partial charge on any atom is 0.0930 e. The monoisotopic (exact) mass is 350 g/mol. The molecule has 1 aliphatic heterocycles. The molecular formula is C21H30S2. The van der Waals surface area contributed by atoms with E-state index in [0.717, 1.165) is 46.3 Å². The van der Waals surface area contributed by atoms with Crippen molar-refractivity contribution >= 4 is 21.6 Å². The van der Waals surface area contributed by atoms with Crippen LogP contribution in [0.4, 0.5) is 0 Å². The van der Waals surface area contributed by atoms with Crippen LogP contribution in [-0.4, -0.2) is 4.08 Å². The van der Waals surface area contributed by atoms with E-state index in [1.807, 2.05) is 0 Å². The molecule has 0 amide bonds. The zero-order valence-electron chi connectivity index (χ0n) is 14.3. The molecule has 0 unspecified atom stereocenters. The Kier molecular flexibility index (Phi) is 2.50. The first-order chi connectivity index (χ1) is 11.2. The molecule has 0 atom stereocenters. The van der Waals surface area contributed by atoms with Crippen LogP contribution in [0.5, 0.6) is 0 Å². The van der Waals surface area contributed by atoms with Gasteiger partial charge in [-0.1, -0.05) is 21.6 Å². The lowest BCUT2D eigenvalue weighted by atomic mass is 9.41. The quantitative estimate of drug-likeness (QED) is 0.316. The first kappa shape index (κ1) is 13.8. The third kappa shape index (κ3) is 1.61. The van der Waals surface area contributed by atoms with E-state index < -0.39 is 0 Å². The molecule has 0 spiro atoms. The fourth-order valence-electron chi connectivity index (χ4n) is 9.99. The van der Waals surface area contributed by atoms with Crippen molar-refractivity contribution < 1.29 is 0 Å². The van der Waals surface area contributed by atoms with Gasteiger partial charge >= 0.3 is 0 Å². The molecule has 0 aromatic heterocycles. The second kappa shape index (κ2) is 4.16. The fraction of sp³-hybridized carbons (Fsp3) is 1.00. The Balaban J connectivity index is 1.32. The minimum atomic E-state index is 0.700. The van der Waals surface area contributed by atoms with Crippen molar-refractivity contribution in [2.45, 2.75) is 81.1 Å². The van der Waals surface area contributed by atoms with E-state index in [1.54, 1.807) is 77.0 Å². The van der Waals surface area contributed by atoms with Crippen molar-refractivity contribution in [3.05, 3.63) is 0 Å². The summed E-state index contributed by atoms with van der Waals surface area (Å²) in [5.74, 6) is 6.80. The van der Waals surface area contributed by atoms with Gasteiger partial charge in [-0.15, -0.1) is 0 Å². The molecule has 1 heterocycles. The van der Waals surface area contributed by atoms with Crippen LogP contribution in [0.1, 0.15) is 77.0 Å². The lowest BCUT2D eigenvalue weighted by molar-refractivity contribution is -0.125. The van der Waals surface area contributed by atoms with Gasteiger partial charge in [-0.2, -0.15) is 0 Å². The number of hydrogen-bond donors (Lipinski definition) is 0. The Bertz CT molecular complexity index is 444. The molecule has 126 valence electrons. The van der Waals surface area contributed by atoms with Crippen LogP contribution in [0.2, 0.25) is 0 Å². The van der Waals surface area contributed by atoms with E-state index in [4.69, 9.17) is 0 Å². The second-order valence-corrected chi connectivity index (χ2v) is 14.0. The summed E-state index contributed by atoms with van der Waals surface area (Å²) in [6, 6.07) is 0. The van der Waals surface area contributed by atoms with Gasteiger partial charge in [0.2, 0.25) is 0 Å². The molecule has 0 aromatic rings. The predicted octanol–water partition coefficient (Wildman–Crippen LogP) is 6.51. The van der Waals surface area contributed by atoms with Crippen LogP contribution in [0.25, 0.3) is 0 Å². The normalized spacial score (nSPS) is 63.7. The first-order valence-electron chi connectivity index (χ1n) is 10.5. The Labute approximate surface area is 149 Å². The molecule has 9 fully saturated rings. The van der Waals surface area contributed by atoms with Crippen molar-refractivity contribution in [3.63, 3.8) is 0 Å². The highest BCUT2D eigenvalue weighted by Gasteiger charge is 2.76. The first-order valence-corrected chi connectivity index (χ1v) is 12.7. The summed E-state index contributed by atoms with van der Waals surface area (Å²) in [5, 5.41) is 0. The molecule has 9 rings (SSSR count). The lowest BCUT2D eigenvalue weighted by Gasteiger charge is -2.66. The molecule has 0 aromatic carbocycles. The van der Waals surface area contributed by atoms with E-state index in [-0.39, 0.29) is 0 Å². The van der Waals surface area contributed by atoms with Gasteiger partial charge in [0.15, 0.2) is 0 Å². The van der Waals surface area contributed by atoms with Crippen LogP contribution < -0.4 is 0 Å². The zero-order chi connectivity index (χ0) is 14.9. The summed E-state index contributed by atoms with van der Waals surface area (Å²) in [7, 11) is 4.82. The highest BCUT2D eigenvalue weighted by atomic mass is 35.1. The molecule has 2 heteroatoms. The summed E-state index contributed by atoms with van der Waals surface area (Å²) in [5.41, 5.74) is 1.56. The van der Waals surface area contributed by atoms with Gasteiger partial charge in [-0.3, -0.25) is 0 Å². The van der Waals surface area contributed by atoms with Gasteiger partial charge in [0.25, 0.3) is 0 Å². The van der Waals surface area contributed by atoms with Gasteiger partial charge in [-0.25, -0.2) is 0 Å². The summed E-state index contributed by atoms with van der Waals surface area (Å²) >= 11 is 0. The standard InChI is InChI=1S/C21H30S2/c1-13-2-15-3-14(1)8-19(7-13,9-15)21(22-23-21)20-10-16-4-17(11-20)6-18(5-16)12-20/h13-18H,1-12H2/i22+2,23+2. The van der Waals surface area contributed by atoms with Crippen molar-refractivity contribution in [1.82, 2.24) is 0 Å². The third-order valence-corrected chi connectivity index (χ3v) is 13.5. The molecule has 8 bridgehead atoms. The van der Waals surface area contributed by atoms with Gasteiger partial charge in [0.05, 0.1) is 4.08 Å². The maximum absolute atomic E-state index is 2.41. The van der Waals surface area contributed by atoms with Gasteiger partial charge in [0, 0.05) is 0 Å². The van der Waals surface area contributed by atoms with Gasteiger partial charge in [0.1, 0.15) is 0 Å². The highest BCUT2D eigenvalue weighted by Crippen LogP contribution is 2.89. The van der Waals surface area contributed by atoms with E-state index in [1.165, 1.54) is 0 Å². The minimum Gasteiger partial charge on any atom is -0.0727 e. The van der Waals surface area contributed by atoms with E-state index in [9.17, 15) is 0 Å². The molecule has 0 radical (unpaired) electrons. The Morgan fingerprint density at radius 3 is 0.913 bits per heavy atom. The SMILES string of the molecule is C1C2CC3CC1CC(C1(C45CC6CC(CC(C6)C4)C5)[34S][34S]1)(C2)C3. The Hall–Kier alpha value is 0.700. The summed E-state index contributed by atoms with van der Waals surface area (Å²) in [4.78, 5) is 0. The third-order valence-electron chi connectivity index (χ3n) is 9.72. The average molecular weight is 350 g/mol. The molecule has 8 aliphatic carbocycles. The lowest BCUT2D eigenvalue weighted by Crippen LogP contribution is -2.61. The Morgan fingerprint density at radius 1 is 0.435 bits per heavy atom. The molecular weight excluding hydrogens is 320 g/mol. The smallest absolute Gasteiger partial charge is 0.0727 e. The number of rotatable bonds is 2. The van der Waals surface area contributed by atoms with E-state index >= 15 is 0 Å². The summed E-state index contributed by atoms with van der Waals surface area (Å²) in [6.45, 7) is 0. The average Bonchev–Trinajstić information content (AvgIpc) is 3.26. The number of hydrogen-bond acceptors (Lipinski definition) is 2.